The SMILES string of the molecule is Cc1cc([N+](=O)[O-])cc(Cl)c1NCC1(CO)COC1. The van der Waals surface area contributed by atoms with Crippen molar-refractivity contribution in [3.63, 3.8) is 0 Å². The van der Waals surface area contributed by atoms with E-state index in [1.807, 2.05) is 0 Å². The summed E-state index contributed by atoms with van der Waals surface area (Å²) in [5.74, 6) is 0. The van der Waals surface area contributed by atoms with Gasteiger partial charge in [-0.3, -0.25) is 10.1 Å². The number of hydrogen-bond donors (Lipinski definition) is 2. The normalized spacial score (nSPS) is 16.8. The largest absolute Gasteiger partial charge is 0.396 e. The first-order chi connectivity index (χ1) is 8.97. The molecule has 0 amide bonds. The van der Waals surface area contributed by atoms with Gasteiger partial charge in [0.25, 0.3) is 5.69 Å². The van der Waals surface area contributed by atoms with E-state index in [4.69, 9.17) is 16.3 Å². The minimum Gasteiger partial charge on any atom is -0.396 e. The highest BCUT2D eigenvalue weighted by atomic mass is 35.5. The molecule has 2 N–H and O–H groups in total. The summed E-state index contributed by atoms with van der Waals surface area (Å²) in [5, 5.41) is 23.5. The Balaban J connectivity index is 2.14. The predicted molar refractivity (Wildman–Crippen MR) is 71.7 cm³/mol. The van der Waals surface area contributed by atoms with Crippen molar-refractivity contribution < 1.29 is 14.8 Å². The zero-order valence-corrected chi connectivity index (χ0v) is 11.2. The maximum absolute atomic E-state index is 10.7. The second-order valence-electron chi connectivity index (χ2n) is 4.88. The van der Waals surface area contributed by atoms with Crippen LogP contribution in [0.3, 0.4) is 0 Å². The van der Waals surface area contributed by atoms with Crippen LogP contribution in [0.4, 0.5) is 11.4 Å². The van der Waals surface area contributed by atoms with Gasteiger partial charge in [0, 0.05) is 18.7 Å². The van der Waals surface area contributed by atoms with E-state index in [0.717, 1.165) is 0 Å². The van der Waals surface area contributed by atoms with Crippen LogP contribution in [0.2, 0.25) is 5.02 Å². The number of non-ortho nitro benzene ring substituents is 1. The quantitative estimate of drug-likeness (QED) is 0.638. The summed E-state index contributed by atoms with van der Waals surface area (Å²) in [6.45, 7) is 3.30. The van der Waals surface area contributed by atoms with E-state index in [1.54, 1.807) is 6.92 Å². The van der Waals surface area contributed by atoms with Gasteiger partial charge in [-0.1, -0.05) is 11.6 Å². The summed E-state index contributed by atoms with van der Waals surface area (Å²) in [6, 6.07) is 2.79. The molecule has 0 bridgehead atoms. The summed E-state index contributed by atoms with van der Waals surface area (Å²) in [5.41, 5.74) is 1.05. The van der Waals surface area contributed by atoms with Crippen LogP contribution in [-0.2, 0) is 4.74 Å². The molecule has 0 spiro atoms. The topological polar surface area (TPSA) is 84.6 Å². The molecule has 104 valence electrons. The highest BCUT2D eigenvalue weighted by Crippen LogP contribution is 2.33. The van der Waals surface area contributed by atoms with E-state index < -0.39 is 4.92 Å². The van der Waals surface area contributed by atoms with Crippen molar-refractivity contribution in [3.05, 3.63) is 32.8 Å². The zero-order valence-electron chi connectivity index (χ0n) is 10.5. The number of rotatable bonds is 5. The van der Waals surface area contributed by atoms with Crippen molar-refractivity contribution in [2.45, 2.75) is 6.92 Å². The molecule has 19 heavy (non-hydrogen) atoms. The second-order valence-corrected chi connectivity index (χ2v) is 5.29. The number of nitro groups is 1. The first-order valence-electron chi connectivity index (χ1n) is 5.84. The number of ether oxygens (including phenoxy) is 1. The fraction of sp³-hybridized carbons (Fsp3) is 0.500. The van der Waals surface area contributed by atoms with E-state index in [-0.39, 0.29) is 17.7 Å². The van der Waals surface area contributed by atoms with Crippen LogP contribution in [0, 0.1) is 22.5 Å². The van der Waals surface area contributed by atoms with Gasteiger partial charge in [-0.2, -0.15) is 0 Å². The molecule has 0 radical (unpaired) electrons. The van der Waals surface area contributed by atoms with Gasteiger partial charge in [-0.15, -0.1) is 0 Å². The van der Waals surface area contributed by atoms with E-state index in [2.05, 4.69) is 5.32 Å². The number of nitro benzene ring substituents is 1. The average Bonchev–Trinajstić information content (AvgIpc) is 2.30. The minimum atomic E-state index is -0.475. The van der Waals surface area contributed by atoms with Crippen molar-refractivity contribution >= 4 is 23.0 Å². The molecular weight excluding hydrogens is 272 g/mol. The molecule has 1 fully saturated rings. The van der Waals surface area contributed by atoms with Gasteiger partial charge in [0.05, 0.1) is 40.9 Å². The van der Waals surface area contributed by atoms with Crippen LogP contribution < -0.4 is 5.32 Å². The van der Waals surface area contributed by atoms with Crippen LogP contribution in [0.15, 0.2) is 12.1 Å². The number of aliphatic hydroxyl groups excluding tert-OH is 1. The van der Waals surface area contributed by atoms with Gasteiger partial charge in [0.1, 0.15) is 0 Å². The molecule has 0 saturated carbocycles. The molecule has 2 rings (SSSR count). The number of benzene rings is 1. The third-order valence-electron chi connectivity index (χ3n) is 3.28. The molecule has 0 atom stereocenters. The molecule has 6 nitrogen and oxygen atoms in total. The van der Waals surface area contributed by atoms with Crippen molar-refractivity contribution in [1.29, 1.82) is 0 Å². The van der Waals surface area contributed by atoms with Gasteiger partial charge in [0.2, 0.25) is 0 Å². The Morgan fingerprint density at radius 3 is 2.68 bits per heavy atom. The van der Waals surface area contributed by atoms with Crippen LogP contribution in [0.25, 0.3) is 0 Å². The Kier molecular flexibility index (Phi) is 3.93. The fourth-order valence-electron chi connectivity index (χ4n) is 1.97. The van der Waals surface area contributed by atoms with Crippen LogP contribution in [0.5, 0.6) is 0 Å². The molecule has 1 aromatic carbocycles. The molecule has 1 aliphatic heterocycles. The molecule has 0 aromatic heterocycles. The minimum absolute atomic E-state index is 0.0306. The maximum Gasteiger partial charge on any atom is 0.271 e. The van der Waals surface area contributed by atoms with Crippen molar-refractivity contribution in [2.75, 3.05) is 31.7 Å². The number of halogens is 1. The van der Waals surface area contributed by atoms with Gasteiger partial charge in [-0.25, -0.2) is 0 Å². The number of nitrogens with one attached hydrogen (secondary N) is 1. The lowest BCUT2D eigenvalue weighted by molar-refractivity contribution is -0.384. The number of aryl methyl sites for hydroxylation is 1. The Hall–Kier alpha value is -1.37. The summed E-state index contributed by atoms with van der Waals surface area (Å²) >= 11 is 6.05. The molecular formula is C12H15ClN2O4. The van der Waals surface area contributed by atoms with Crippen molar-refractivity contribution in [3.8, 4) is 0 Å². The molecule has 0 unspecified atom stereocenters. The van der Waals surface area contributed by atoms with E-state index in [9.17, 15) is 15.2 Å². The molecule has 7 heteroatoms. The second kappa shape index (κ2) is 5.32. The third kappa shape index (κ3) is 2.80. The Morgan fingerprint density at radius 2 is 2.26 bits per heavy atom. The number of hydrogen-bond acceptors (Lipinski definition) is 5. The standard InChI is InChI=1S/C12H15ClN2O4/c1-8-2-9(15(17)18)3-10(13)11(8)14-4-12(5-16)6-19-7-12/h2-3,14,16H,4-7H2,1H3. The van der Waals surface area contributed by atoms with Gasteiger partial charge >= 0.3 is 0 Å². The number of anilines is 1. The molecule has 0 aliphatic carbocycles. The maximum atomic E-state index is 10.7. The number of aliphatic hydroxyl groups is 1. The van der Waals surface area contributed by atoms with E-state index >= 15 is 0 Å². The molecule has 1 heterocycles. The lowest BCUT2D eigenvalue weighted by Gasteiger charge is -2.40. The first-order valence-corrected chi connectivity index (χ1v) is 6.22. The number of nitrogens with zero attached hydrogens (tertiary/aromatic N) is 1. The highest BCUT2D eigenvalue weighted by molar-refractivity contribution is 6.33. The fourth-order valence-corrected chi connectivity index (χ4v) is 2.30. The van der Waals surface area contributed by atoms with Crippen LogP contribution >= 0.6 is 11.6 Å². The monoisotopic (exact) mass is 286 g/mol. The smallest absolute Gasteiger partial charge is 0.271 e. The summed E-state index contributed by atoms with van der Waals surface area (Å²) < 4.78 is 5.11. The predicted octanol–water partition coefficient (Wildman–Crippen LogP) is 1.98. The Morgan fingerprint density at radius 1 is 1.58 bits per heavy atom. The average molecular weight is 287 g/mol. The lowest BCUT2D eigenvalue weighted by Crippen LogP contribution is -2.50. The molecule has 1 saturated heterocycles. The highest BCUT2D eigenvalue weighted by Gasteiger charge is 2.38. The third-order valence-corrected chi connectivity index (χ3v) is 3.57. The summed E-state index contributed by atoms with van der Waals surface area (Å²) in [7, 11) is 0. The summed E-state index contributed by atoms with van der Waals surface area (Å²) in [6.07, 6.45) is 0. The van der Waals surface area contributed by atoms with Gasteiger partial charge in [-0.05, 0) is 12.5 Å². The van der Waals surface area contributed by atoms with Crippen molar-refractivity contribution in [1.82, 2.24) is 0 Å². The molecule has 1 aliphatic rings. The van der Waals surface area contributed by atoms with Crippen LogP contribution in [0.1, 0.15) is 5.56 Å². The lowest BCUT2D eigenvalue weighted by atomic mass is 9.87. The molecule has 1 aromatic rings. The van der Waals surface area contributed by atoms with Crippen molar-refractivity contribution in [2.24, 2.45) is 5.41 Å². The van der Waals surface area contributed by atoms with E-state index in [1.165, 1.54) is 12.1 Å². The zero-order chi connectivity index (χ0) is 14.0. The van der Waals surface area contributed by atoms with Gasteiger partial charge in [0.15, 0.2) is 0 Å². The Labute approximate surface area is 115 Å². The first kappa shape index (κ1) is 14.0. The van der Waals surface area contributed by atoms with Crippen LogP contribution in [-0.4, -0.2) is 36.4 Å². The van der Waals surface area contributed by atoms with E-state index in [0.29, 0.717) is 36.0 Å². The Bertz CT molecular complexity index is 474. The summed E-state index contributed by atoms with van der Waals surface area (Å²) in [4.78, 5) is 10.2. The van der Waals surface area contributed by atoms with Gasteiger partial charge < -0.3 is 15.2 Å².